The molecular formula is C28H26ClNO5. The Kier molecular flexibility index (Phi) is 6.85. The van der Waals surface area contributed by atoms with Gasteiger partial charge in [-0.2, -0.15) is 0 Å². The van der Waals surface area contributed by atoms with E-state index < -0.39 is 17.7 Å². The molecule has 7 heteroatoms. The van der Waals surface area contributed by atoms with Crippen LogP contribution in [0, 0.1) is 6.92 Å². The average Bonchev–Trinajstić information content (AvgIpc) is 3.12. The van der Waals surface area contributed by atoms with Crippen LogP contribution in [0.25, 0.3) is 5.76 Å². The van der Waals surface area contributed by atoms with Gasteiger partial charge in [0, 0.05) is 16.3 Å². The molecule has 1 unspecified atom stereocenters. The van der Waals surface area contributed by atoms with E-state index >= 15 is 0 Å². The number of phenolic OH excluding ortho intramolecular Hbond substituents is 1. The van der Waals surface area contributed by atoms with Gasteiger partial charge in [-0.3, -0.25) is 14.5 Å². The number of amides is 1. The Hall–Kier alpha value is -3.77. The first kappa shape index (κ1) is 24.4. The first-order valence-corrected chi connectivity index (χ1v) is 11.8. The molecule has 1 fully saturated rings. The van der Waals surface area contributed by atoms with E-state index in [1.165, 1.54) is 11.0 Å². The number of Topliss-reactive ketones (excluding diaryl/α,β-unsaturated/α-hetero) is 1. The Morgan fingerprint density at radius 2 is 1.74 bits per heavy atom. The van der Waals surface area contributed by atoms with Crippen molar-refractivity contribution in [2.45, 2.75) is 33.2 Å². The second kappa shape index (κ2) is 9.84. The number of anilines is 1. The van der Waals surface area contributed by atoms with Crippen molar-refractivity contribution in [3.05, 3.63) is 93.5 Å². The molecular weight excluding hydrogens is 466 g/mol. The number of aromatic hydroxyl groups is 1. The third-order valence-corrected chi connectivity index (χ3v) is 6.35. The smallest absolute Gasteiger partial charge is 0.300 e. The maximum Gasteiger partial charge on any atom is 0.300 e. The van der Waals surface area contributed by atoms with Crippen LogP contribution >= 0.6 is 11.6 Å². The SMILES string of the molecule is CCOc1cc(C2/C(=C(\O)c3ccc(CC)cc3)C(=O)C(=O)N2c2cc(Cl)ccc2C)ccc1O. The van der Waals surface area contributed by atoms with Gasteiger partial charge in [-0.15, -0.1) is 0 Å². The molecule has 1 atom stereocenters. The lowest BCUT2D eigenvalue weighted by atomic mass is 9.94. The second-order valence-corrected chi connectivity index (χ2v) is 8.75. The summed E-state index contributed by atoms with van der Waals surface area (Å²) in [5, 5.41) is 21.9. The number of ether oxygens (including phenoxy) is 1. The largest absolute Gasteiger partial charge is 0.507 e. The van der Waals surface area contributed by atoms with Gasteiger partial charge in [0.05, 0.1) is 18.2 Å². The number of hydrogen-bond acceptors (Lipinski definition) is 5. The van der Waals surface area contributed by atoms with Crippen molar-refractivity contribution in [2.75, 3.05) is 11.5 Å². The number of rotatable bonds is 6. The predicted octanol–water partition coefficient (Wildman–Crippen LogP) is 5.94. The highest BCUT2D eigenvalue weighted by atomic mass is 35.5. The molecule has 3 aromatic carbocycles. The Morgan fingerprint density at radius 3 is 2.40 bits per heavy atom. The number of phenols is 1. The highest BCUT2D eigenvalue weighted by Crippen LogP contribution is 2.45. The van der Waals surface area contributed by atoms with Crippen LogP contribution in [0.4, 0.5) is 5.69 Å². The molecule has 0 radical (unpaired) electrons. The second-order valence-electron chi connectivity index (χ2n) is 8.31. The summed E-state index contributed by atoms with van der Waals surface area (Å²) in [6.45, 7) is 5.93. The highest BCUT2D eigenvalue weighted by molar-refractivity contribution is 6.52. The summed E-state index contributed by atoms with van der Waals surface area (Å²) in [4.78, 5) is 28.1. The van der Waals surface area contributed by atoms with Gasteiger partial charge < -0.3 is 14.9 Å². The number of benzene rings is 3. The zero-order chi connectivity index (χ0) is 25.3. The minimum Gasteiger partial charge on any atom is -0.507 e. The van der Waals surface area contributed by atoms with Crippen molar-refractivity contribution >= 4 is 34.7 Å². The topological polar surface area (TPSA) is 87.1 Å². The molecule has 2 N–H and O–H groups in total. The van der Waals surface area contributed by atoms with E-state index in [0.717, 1.165) is 17.5 Å². The number of aliphatic hydroxyl groups is 1. The first-order chi connectivity index (χ1) is 16.8. The zero-order valence-electron chi connectivity index (χ0n) is 19.7. The molecule has 1 aliphatic rings. The molecule has 0 aromatic heterocycles. The van der Waals surface area contributed by atoms with Gasteiger partial charge >= 0.3 is 0 Å². The number of ketones is 1. The number of halogens is 1. The lowest BCUT2D eigenvalue weighted by Gasteiger charge is -2.27. The van der Waals surface area contributed by atoms with Crippen LogP contribution in [-0.4, -0.2) is 28.5 Å². The normalized spacial score (nSPS) is 17.1. The zero-order valence-corrected chi connectivity index (χ0v) is 20.5. The Balaban J connectivity index is 1.97. The van der Waals surface area contributed by atoms with Gasteiger partial charge in [0.1, 0.15) is 5.76 Å². The molecule has 0 aliphatic carbocycles. The number of aryl methyl sites for hydroxylation is 2. The summed E-state index contributed by atoms with van der Waals surface area (Å²) in [6.07, 6.45) is 0.827. The summed E-state index contributed by atoms with van der Waals surface area (Å²) in [7, 11) is 0. The molecule has 35 heavy (non-hydrogen) atoms. The molecule has 6 nitrogen and oxygen atoms in total. The number of carbonyl (C=O) groups excluding carboxylic acids is 2. The third kappa shape index (κ3) is 4.49. The van der Waals surface area contributed by atoms with Crippen molar-refractivity contribution in [2.24, 2.45) is 0 Å². The van der Waals surface area contributed by atoms with Gasteiger partial charge in [0.15, 0.2) is 11.5 Å². The molecule has 180 valence electrons. The van der Waals surface area contributed by atoms with Crippen LogP contribution in [0.3, 0.4) is 0 Å². The maximum absolute atomic E-state index is 13.4. The molecule has 1 heterocycles. The molecule has 1 aliphatic heterocycles. The van der Waals surface area contributed by atoms with E-state index in [0.29, 0.717) is 28.4 Å². The van der Waals surface area contributed by atoms with E-state index in [1.54, 1.807) is 49.4 Å². The third-order valence-electron chi connectivity index (χ3n) is 6.11. The average molecular weight is 492 g/mol. The number of hydrogen-bond donors (Lipinski definition) is 2. The van der Waals surface area contributed by atoms with Crippen LogP contribution in [-0.2, 0) is 16.0 Å². The lowest BCUT2D eigenvalue weighted by Crippen LogP contribution is -2.30. The van der Waals surface area contributed by atoms with E-state index in [2.05, 4.69) is 0 Å². The number of nitrogens with zero attached hydrogens (tertiary/aromatic N) is 1. The van der Waals surface area contributed by atoms with E-state index in [-0.39, 0.29) is 22.8 Å². The number of carbonyl (C=O) groups is 2. The van der Waals surface area contributed by atoms with E-state index in [4.69, 9.17) is 16.3 Å². The highest BCUT2D eigenvalue weighted by Gasteiger charge is 2.47. The molecule has 1 amide bonds. The van der Waals surface area contributed by atoms with Gasteiger partial charge in [-0.05, 0) is 61.2 Å². The lowest BCUT2D eigenvalue weighted by molar-refractivity contribution is -0.132. The Labute approximate surface area is 209 Å². The molecule has 0 spiro atoms. The van der Waals surface area contributed by atoms with Crippen molar-refractivity contribution in [1.29, 1.82) is 0 Å². The van der Waals surface area contributed by atoms with Gasteiger partial charge in [0.25, 0.3) is 11.7 Å². The summed E-state index contributed by atoms with van der Waals surface area (Å²) < 4.78 is 5.54. The first-order valence-electron chi connectivity index (χ1n) is 11.4. The standard InChI is InChI=1S/C28H26ClNO5/c1-4-17-7-9-18(10-8-17)26(32)24-25(19-11-13-22(31)23(14-19)35-5-2)30(28(34)27(24)33)21-15-20(29)12-6-16(21)3/h6-15,25,31-32H,4-5H2,1-3H3/b26-24+. The molecule has 1 saturated heterocycles. The van der Waals surface area contributed by atoms with Crippen LogP contribution in [0.1, 0.15) is 42.1 Å². The minimum atomic E-state index is -0.960. The molecule has 0 bridgehead atoms. The van der Waals surface area contributed by atoms with Crippen LogP contribution < -0.4 is 9.64 Å². The molecule has 3 aromatic rings. The summed E-state index contributed by atoms with van der Waals surface area (Å²) in [6, 6.07) is 16.0. The summed E-state index contributed by atoms with van der Waals surface area (Å²) in [5.41, 5.74) is 3.14. The minimum absolute atomic E-state index is 0.0493. The van der Waals surface area contributed by atoms with Gasteiger partial charge in [0.2, 0.25) is 0 Å². The Bertz CT molecular complexity index is 1330. The predicted molar refractivity (Wildman–Crippen MR) is 136 cm³/mol. The monoisotopic (exact) mass is 491 g/mol. The fourth-order valence-corrected chi connectivity index (χ4v) is 4.43. The van der Waals surface area contributed by atoms with Crippen molar-refractivity contribution in [1.82, 2.24) is 0 Å². The van der Waals surface area contributed by atoms with Gasteiger partial charge in [-0.25, -0.2) is 0 Å². The van der Waals surface area contributed by atoms with Crippen molar-refractivity contribution in [3.8, 4) is 11.5 Å². The van der Waals surface area contributed by atoms with Crippen molar-refractivity contribution < 1.29 is 24.5 Å². The summed E-state index contributed by atoms with van der Waals surface area (Å²) >= 11 is 6.25. The van der Waals surface area contributed by atoms with Crippen LogP contribution in [0.5, 0.6) is 11.5 Å². The van der Waals surface area contributed by atoms with Crippen LogP contribution in [0.2, 0.25) is 5.02 Å². The van der Waals surface area contributed by atoms with E-state index in [9.17, 15) is 19.8 Å². The van der Waals surface area contributed by atoms with Crippen molar-refractivity contribution in [3.63, 3.8) is 0 Å². The number of aliphatic hydroxyl groups excluding tert-OH is 1. The van der Waals surface area contributed by atoms with E-state index in [1.807, 2.05) is 26.0 Å². The molecule has 4 rings (SSSR count). The van der Waals surface area contributed by atoms with Gasteiger partial charge in [-0.1, -0.05) is 54.9 Å². The maximum atomic E-state index is 13.4. The van der Waals surface area contributed by atoms with Crippen LogP contribution in [0.15, 0.2) is 66.2 Å². The fourth-order valence-electron chi connectivity index (χ4n) is 4.26. The fraction of sp³-hybridized carbons (Fsp3) is 0.214. The molecule has 0 saturated carbocycles. The quantitative estimate of drug-likeness (QED) is 0.253. The Morgan fingerprint density at radius 1 is 1.03 bits per heavy atom. The summed E-state index contributed by atoms with van der Waals surface area (Å²) in [5.74, 6) is -1.72.